The van der Waals surface area contributed by atoms with E-state index in [2.05, 4.69) is 34.1 Å². The minimum Gasteiger partial charge on any atom is -0.378 e. The predicted octanol–water partition coefficient (Wildman–Crippen LogP) is 2.17. The standard InChI is InChI=1S/C14H20N2O/c1-11-10-16(9-8-14(11)17)13-6-4-12(5-7-13)15(2)3/h4-7,11H,8-10H2,1-3H3. The Balaban J connectivity index is 2.10. The minimum atomic E-state index is 0.164. The number of anilines is 2. The van der Waals surface area contributed by atoms with Crippen molar-refractivity contribution in [3.63, 3.8) is 0 Å². The highest BCUT2D eigenvalue weighted by Crippen LogP contribution is 2.23. The van der Waals surface area contributed by atoms with Crippen molar-refractivity contribution >= 4 is 17.2 Å². The van der Waals surface area contributed by atoms with Gasteiger partial charge in [0.25, 0.3) is 0 Å². The number of piperidine rings is 1. The SMILES string of the molecule is CC1CN(c2ccc(N(C)C)cc2)CCC1=O. The molecule has 0 spiro atoms. The molecule has 92 valence electrons. The molecule has 2 rings (SSSR count). The first-order valence-corrected chi connectivity index (χ1v) is 6.13. The molecule has 1 aromatic rings. The molecule has 3 nitrogen and oxygen atoms in total. The smallest absolute Gasteiger partial charge is 0.139 e. The highest BCUT2D eigenvalue weighted by Gasteiger charge is 2.23. The maximum absolute atomic E-state index is 11.5. The zero-order chi connectivity index (χ0) is 12.4. The topological polar surface area (TPSA) is 23.6 Å². The van der Waals surface area contributed by atoms with Crippen molar-refractivity contribution in [1.29, 1.82) is 0 Å². The fourth-order valence-corrected chi connectivity index (χ4v) is 2.21. The second-order valence-electron chi connectivity index (χ2n) is 4.97. The number of hydrogen-bond donors (Lipinski definition) is 0. The van der Waals surface area contributed by atoms with Crippen LogP contribution in [0.25, 0.3) is 0 Å². The van der Waals surface area contributed by atoms with Gasteiger partial charge in [0.15, 0.2) is 0 Å². The third kappa shape index (κ3) is 2.60. The van der Waals surface area contributed by atoms with Crippen LogP contribution in [0.4, 0.5) is 11.4 Å². The van der Waals surface area contributed by atoms with Crippen molar-refractivity contribution < 1.29 is 4.79 Å². The molecule has 0 N–H and O–H groups in total. The monoisotopic (exact) mass is 232 g/mol. The molecular formula is C14H20N2O. The van der Waals surface area contributed by atoms with Crippen LogP contribution in [-0.4, -0.2) is 33.0 Å². The van der Waals surface area contributed by atoms with Gasteiger partial charge in [-0.05, 0) is 24.3 Å². The summed E-state index contributed by atoms with van der Waals surface area (Å²) in [7, 11) is 4.08. The Hall–Kier alpha value is -1.51. The molecule has 1 fully saturated rings. The van der Waals surface area contributed by atoms with Crippen LogP contribution in [0.15, 0.2) is 24.3 Å². The van der Waals surface area contributed by atoms with E-state index in [0.29, 0.717) is 12.2 Å². The van der Waals surface area contributed by atoms with Gasteiger partial charge in [-0.2, -0.15) is 0 Å². The van der Waals surface area contributed by atoms with Crippen molar-refractivity contribution in [2.75, 3.05) is 37.0 Å². The Morgan fingerprint density at radius 2 is 1.88 bits per heavy atom. The lowest BCUT2D eigenvalue weighted by Gasteiger charge is -2.32. The summed E-state index contributed by atoms with van der Waals surface area (Å²) in [5, 5.41) is 0. The van der Waals surface area contributed by atoms with E-state index in [1.165, 1.54) is 11.4 Å². The van der Waals surface area contributed by atoms with Gasteiger partial charge < -0.3 is 9.80 Å². The number of benzene rings is 1. The number of carbonyl (C=O) groups excluding carboxylic acids is 1. The van der Waals surface area contributed by atoms with Crippen molar-refractivity contribution in [2.24, 2.45) is 5.92 Å². The maximum atomic E-state index is 11.5. The number of nitrogens with zero attached hydrogens (tertiary/aromatic N) is 2. The summed E-state index contributed by atoms with van der Waals surface area (Å²) in [5.41, 5.74) is 2.42. The van der Waals surface area contributed by atoms with Crippen molar-refractivity contribution in [1.82, 2.24) is 0 Å². The van der Waals surface area contributed by atoms with Gasteiger partial charge in [-0.1, -0.05) is 6.92 Å². The van der Waals surface area contributed by atoms with E-state index in [1.54, 1.807) is 0 Å². The van der Waals surface area contributed by atoms with E-state index < -0.39 is 0 Å². The molecule has 1 aromatic carbocycles. The molecule has 1 aliphatic rings. The number of Topliss-reactive ketones (excluding diaryl/α,β-unsaturated/α-hetero) is 1. The molecule has 0 bridgehead atoms. The molecule has 0 saturated carbocycles. The zero-order valence-corrected chi connectivity index (χ0v) is 10.8. The molecular weight excluding hydrogens is 212 g/mol. The van der Waals surface area contributed by atoms with Crippen LogP contribution in [0.1, 0.15) is 13.3 Å². The van der Waals surface area contributed by atoms with E-state index >= 15 is 0 Å². The molecule has 0 amide bonds. The molecule has 1 heterocycles. The van der Waals surface area contributed by atoms with Crippen molar-refractivity contribution in [3.05, 3.63) is 24.3 Å². The summed E-state index contributed by atoms with van der Waals surface area (Å²) in [6.45, 7) is 3.72. The molecule has 1 aliphatic heterocycles. The summed E-state index contributed by atoms with van der Waals surface area (Å²) >= 11 is 0. The lowest BCUT2D eigenvalue weighted by molar-refractivity contribution is -0.122. The van der Waals surface area contributed by atoms with Gasteiger partial charge in [0.1, 0.15) is 5.78 Å². The highest BCUT2D eigenvalue weighted by atomic mass is 16.1. The highest BCUT2D eigenvalue weighted by molar-refractivity contribution is 5.83. The Bertz CT molecular complexity index is 397. The first-order chi connectivity index (χ1) is 8.08. The van der Waals surface area contributed by atoms with Gasteiger partial charge in [-0.3, -0.25) is 4.79 Å². The van der Waals surface area contributed by atoms with Crippen LogP contribution in [0.2, 0.25) is 0 Å². The van der Waals surface area contributed by atoms with Crippen LogP contribution < -0.4 is 9.80 Å². The van der Waals surface area contributed by atoms with E-state index in [-0.39, 0.29) is 5.92 Å². The maximum Gasteiger partial charge on any atom is 0.139 e. The third-order valence-electron chi connectivity index (χ3n) is 3.40. The normalized spacial score (nSPS) is 20.5. The van der Waals surface area contributed by atoms with E-state index in [4.69, 9.17) is 0 Å². The van der Waals surface area contributed by atoms with E-state index in [1.807, 2.05) is 21.0 Å². The third-order valence-corrected chi connectivity index (χ3v) is 3.40. The summed E-state index contributed by atoms with van der Waals surface area (Å²) in [6.07, 6.45) is 0.677. The number of rotatable bonds is 2. The largest absolute Gasteiger partial charge is 0.378 e. The number of ketones is 1. The first kappa shape index (κ1) is 12.0. The summed E-state index contributed by atoms with van der Waals surface area (Å²) in [4.78, 5) is 15.9. The molecule has 0 radical (unpaired) electrons. The van der Waals surface area contributed by atoms with Crippen LogP contribution in [0, 0.1) is 5.92 Å². The first-order valence-electron chi connectivity index (χ1n) is 6.13. The van der Waals surface area contributed by atoms with Crippen molar-refractivity contribution in [3.8, 4) is 0 Å². The molecule has 1 atom stereocenters. The van der Waals surface area contributed by atoms with E-state index in [9.17, 15) is 4.79 Å². The molecule has 17 heavy (non-hydrogen) atoms. The zero-order valence-electron chi connectivity index (χ0n) is 10.8. The quantitative estimate of drug-likeness (QED) is 0.780. The summed E-state index contributed by atoms with van der Waals surface area (Å²) in [5.74, 6) is 0.559. The van der Waals surface area contributed by atoms with Crippen molar-refractivity contribution in [2.45, 2.75) is 13.3 Å². The Labute approximate surface area is 103 Å². The van der Waals surface area contributed by atoms with Gasteiger partial charge >= 0.3 is 0 Å². The molecule has 3 heteroatoms. The van der Waals surface area contributed by atoms with Gasteiger partial charge in [0, 0.05) is 50.9 Å². The van der Waals surface area contributed by atoms with Crippen LogP contribution >= 0.6 is 0 Å². The molecule has 0 aromatic heterocycles. The van der Waals surface area contributed by atoms with Crippen LogP contribution in [0.3, 0.4) is 0 Å². The number of carbonyl (C=O) groups is 1. The lowest BCUT2D eigenvalue weighted by Crippen LogP contribution is -2.39. The fourth-order valence-electron chi connectivity index (χ4n) is 2.21. The van der Waals surface area contributed by atoms with Gasteiger partial charge in [0.05, 0.1) is 0 Å². The van der Waals surface area contributed by atoms with Gasteiger partial charge in [-0.25, -0.2) is 0 Å². The molecule has 1 unspecified atom stereocenters. The van der Waals surface area contributed by atoms with Gasteiger partial charge in [0.2, 0.25) is 0 Å². The Morgan fingerprint density at radius 3 is 2.41 bits per heavy atom. The second kappa shape index (κ2) is 4.78. The fraction of sp³-hybridized carbons (Fsp3) is 0.500. The Morgan fingerprint density at radius 1 is 1.24 bits per heavy atom. The minimum absolute atomic E-state index is 0.164. The van der Waals surface area contributed by atoms with Crippen LogP contribution in [-0.2, 0) is 4.79 Å². The average molecular weight is 232 g/mol. The summed E-state index contributed by atoms with van der Waals surface area (Å²) < 4.78 is 0. The Kier molecular flexibility index (Phi) is 3.36. The van der Waals surface area contributed by atoms with Gasteiger partial charge in [-0.15, -0.1) is 0 Å². The lowest BCUT2D eigenvalue weighted by atomic mass is 9.98. The average Bonchev–Trinajstić information content (AvgIpc) is 2.33. The van der Waals surface area contributed by atoms with E-state index in [0.717, 1.165) is 13.1 Å². The molecule has 1 saturated heterocycles. The molecule has 0 aliphatic carbocycles. The summed E-state index contributed by atoms with van der Waals surface area (Å²) in [6, 6.07) is 8.52. The number of hydrogen-bond acceptors (Lipinski definition) is 3. The second-order valence-corrected chi connectivity index (χ2v) is 4.97. The predicted molar refractivity (Wildman–Crippen MR) is 71.8 cm³/mol. The van der Waals surface area contributed by atoms with Crippen LogP contribution in [0.5, 0.6) is 0 Å².